The summed E-state index contributed by atoms with van der Waals surface area (Å²) in [5.41, 5.74) is 6.42. The van der Waals surface area contributed by atoms with Gasteiger partial charge in [0.05, 0.1) is 6.54 Å². The van der Waals surface area contributed by atoms with Gasteiger partial charge in [-0.3, -0.25) is 4.90 Å². The minimum Gasteiger partial charge on any atom is -0.327 e. The fraction of sp³-hybridized carbons (Fsp3) is 0.833. The molecule has 1 aliphatic rings. The molecule has 2 nitrogen and oxygen atoms in total. The number of nitrogens with zero attached hydrogens (tertiary/aromatic N) is 1. The van der Waals surface area contributed by atoms with Crippen LogP contribution in [-0.2, 0) is 0 Å². The molecule has 0 aromatic rings. The van der Waals surface area contributed by atoms with E-state index in [4.69, 9.17) is 12.2 Å². The van der Waals surface area contributed by atoms with Crippen molar-refractivity contribution in [2.45, 2.75) is 39.2 Å². The zero-order valence-corrected chi connectivity index (χ0v) is 9.42. The molecule has 0 bridgehead atoms. The maximum absolute atomic E-state index is 6.13. The van der Waals surface area contributed by atoms with E-state index < -0.39 is 0 Å². The van der Waals surface area contributed by atoms with Crippen molar-refractivity contribution in [2.75, 3.05) is 19.6 Å². The minimum atomic E-state index is 0.285. The standard InChI is InChI=1S/C12H22N2/c1-4-9-14(5-2)10-12(3)8-6-7-11(12)13/h1,11H,5-10,13H2,2-3H3. The Morgan fingerprint density at radius 1 is 1.64 bits per heavy atom. The highest BCUT2D eigenvalue weighted by Crippen LogP contribution is 2.37. The highest BCUT2D eigenvalue weighted by Gasteiger charge is 2.37. The Morgan fingerprint density at radius 3 is 2.79 bits per heavy atom. The summed E-state index contributed by atoms with van der Waals surface area (Å²) in [6, 6.07) is 0.356. The van der Waals surface area contributed by atoms with Crippen LogP contribution in [0.15, 0.2) is 0 Å². The smallest absolute Gasteiger partial charge is 0.0599 e. The Morgan fingerprint density at radius 2 is 2.36 bits per heavy atom. The summed E-state index contributed by atoms with van der Waals surface area (Å²) in [6.45, 7) is 7.27. The van der Waals surface area contributed by atoms with Crippen molar-refractivity contribution in [3.63, 3.8) is 0 Å². The van der Waals surface area contributed by atoms with Crippen molar-refractivity contribution in [1.29, 1.82) is 0 Å². The molecule has 0 amide bonds. The lowest BCUT2D eigenvalue weighted by atomic mass is 9.84. The average Bonchev–Trinajstić information content (AvgIpc) is 2.47. The van der Waals surface area contributed by atoms with E-state index in [1.165, 1.54) is 19.3 Å². The van der Waals surface area contributed by atoms with E-state index in [0.29, 0.717) is 6.04 Å². The number of terminal acetylenes is 1. The summed E-state index contributed by atoms with van der Waals surface area (Å²) >= 11 is 0. The Kier molecular flexibility index (Phi) is 3.97. The summed E-state index contributed by atoms with van der Waals surface area (Å²) in [5, 5.41) is 0. The molecule has 2 unspecified atom stereocenters. The van der Waals surface area contributed by atoms with Crippen molar-refractivity contribution in [2.24, 2.45) is 11.1 Å². The van der Waals surface area contributed by atoms with Crippen LogP contribution in [0.3, 0.4) is 0 Å². The zero-order valence-electron chi connectivity index (χ0n) is 9.42. The summed E-state index contributed by atoms with van der Waals surface area (Å²) in [6.07, 6.45) is 9.02. The normalized spacial score (nSPS) is 32.1. The molecule has 1 saturated carbocycles. The van der Waals surface area contributed by atoms with Crippen LogP contribution in [0.1, 0.15) is 33.1 Å². The van der Waals surface area contributed by atoms with Gasteiger partial charge in [-0.1, -0.05) is 26.2 Å². The fourth-order valence-corrected chi connectivity index (χ4v) is 2.38. The highest BCUT2D eigenvalue weighted by molar-refractivity contribution is 4.96. The molecular formula is C12H22N2. The Hall–Kier alpha value is -0.520. The van der Waals surface area contributed by atoms with E-state index in [1.807, 2.05) is 0 Å². The van der Waals surface area contributed by atoms with Crippen molar-refractivity contribution in [3.8, 4) is 12.3 Å². The largest absolute Gasteiger partial charge is 0.327 e. The van der Waals surface area contributed by atoms with Gasteiger partial charge < -0.3 is 5.73 Å². The highest BCUT2D eigenvalue weighted by atomic mass is 15.1. The van der Waals surface area contributed by atoms with Crippen molar-refractivity contribution >= 4 is 0 Å². The van der Waals surface area contributed by atoms with Crippen molar-refractivity contribution in [1.82, 2.24) is 4.90 Å². The Bertz CT molecular complexity index is 219. The molecule has 2 atom stereocenters. The molecule has 0 saturated heterocycles. The van der Waals surface area contributed by atoms with Crippen LogP contribution in [0.25, 0.3) is 0 Å². The van der Waals surface area contributed by atoms with Crippen LogP contribution in [0, 0.1) is 17.8 Å². The van der Waals surface area contributed by atoms with Crippen LogP contribution in [0.4, 0.5) is 0 Å². The van der Waals surface area contributed by atoms with Gasteiger partial charge in [0.2, 0.25) is 0 Å². The molecule has 0 aliphatic heterocycles. The minimum absolute atomic E-state index is 0.285. The summed E-state index contributed by atoms with van der Waals surface area (Å²) in [5.74, 6) is 2.71. The van der Waals surface area contributed by atoms with Gasteiger partial charge >= 0.3 is 0 Å². The molecule has 0 spiro atoms. The second kappa shape index (κ2) is 4.82. The van der Waals surface area contributed by atoms with Gasteiger partial charge in [0, 0.05) is 12.6 Å². The quantitative estimate of drug-likeness (QED) is 0.687. The van der Waals surface area contributed by atoms with Gasteiger partial charge in [-0.25, -0.2) is 0 Å². The van der Waals surface area contributed by atoms with Gasteiger partial charge in [0.25, 0.3) is 0 Å². The van der Waals surface area contributed by atoms with E-state index in [-0.39, 0.29) is 5.41 Å². The molecule has 1 rings (SSSR count). The van der Waals surface area contributed by atoms with E-state index in [1.54, 1.807) is 0 Å². The average molecular weight is 194 g/mol. The molecule has 14 heavy (non-hydrogen) atoms. The lowest BCUT2D eigenvalue weighted by Gasteiger charge is -2.34. The Balaban J connectivity index is 2.52. The molecule has 1 fully saturated rings. The Labute approximate surface area is 87.8 Å². The topological polar surface area (TPSA) is 29.3 Å². The lowest BCUT2D eigenvalue weighted by molar-refractivity contribution is 0.172. The van der Waals surface area contributed by atoms with Gasteiger partial charge in [-0.2, -0.15) is 0 Å². The van der Waals surface area contributed by atoms with Gasteiger partial charge in [0.15, 0.2) is 0 Å². The van der Waals surface area contributed by atoms with E-state index in [9.17, 15) is 0 Å². The second-order valence-corrected chi connectivity index (χ2v) is 4.66. The first kappa shape index (κ1) is 11.6. The van der Waals surface area contributed by atoms with E-state index in [0.717, 1.165) is 19.6 Å². The van der Waals surface area contributed by atoms with Crippen LogP contribution < -0.4 is 5.73 Å². The maximum atomic E-state index is 6.13. The SMILES string of the molecule is C#CCN(CC)CC1(C)CCCC1N. The molecular weight excluding hydrogens is 172 g/mol. The molecule has 0 heterocycles. The van der Waals surface area contributed by atoms with E-state index in [2.05, 4.69) is 24.7 Å². The van der Waals surface area contributed by atoms with Crippen LogP contribution in [-0.4, -0.2) is 30.6 Å². The maximum Gasteiger partial charge on any atom is 0.0599 e. The molecule has 1 aliphatic carbocycles. The number of hydrogen-bond acceptors (Lipinski definition) is 2. The van der Waals surface area contributed by atoms with Gasteiger partial charge in [-0.05, 0) is 24.8 Å². The molecule has 0 radical (unpaired) electrons. The van der Waals surface area contributed by atoms with Crippen LogP contribution in [0.2, 0.25) is 0 Å². The van der Waals surface area contributed by atoms with Gasteiger partial charge in [-0.15, -0.1) is 6.42 Å². The lowest BCUT2D eigenvalue weighted by Crippen LogP contribution is -2.44. The third-order valence-corrected chi connectivity index (χ3v) is 3.51. The number of rotatable bonds is 4. The molecule has 2 heteroatoms. The van der Waals surface area contributed by atoms with Gasteiger partial charge in [0.1, 0.15) is 0 Å². The molecule has 2 N–H and O–H groups in total. The number of hydrogen-bond donors (Lipinski definition) is 1. The first-order valence-electron chi connectivity index (χ1n) is 5.54. The summed E-state index contributed by atoms with van der Waals surface area (Å²) < 4.78 is 0. The van der Waals surface area contributed by atoms with Crippen molar-refractivity contribution in [3.05, 3.63) is 0 Å². The predicted molar refractivity (Wildman–Crippen MR) is 60.9 cm³/mol. The second-order valence-electron chi connectivity index (χ2n) is 4.66. The first-order valence-corrected chi connectivity index (χ1v) is 5.54. The zero-order chi connectivity index (χ0) is 10.6. The number of nitrogens with two attached hydrogens (primary N) is 1. The third kappa shape index (κ3) is 2.50. The predicted octanol–water partition coefficient (Wildman–Crippen LogP) is 1.46. The molecule has 80 valence electrons. The summed E-state index contributed by atoms with van der Waals surface area (Å²) in [7, 11) is 0. The fourth-order valence-electron chi connectivity index (χ4n) is 2.38. The van der Waals surface area contributed by atoms with Crippen LogP contribution in [0.5, 0.6) is 0 Å². The van der Waals surface area contributed by atoms with Crippen molar-refractivity contribution < 1.29 is 0 Å². The monoisotopic (exact) mass is 194 g/mol. The summed E-state index contributed by atoms with van der Waals surface area (Å²) in [4.78, 5) is 2.31. The van der Waals surface area contributed by atoms with E-state index >= 15 is 0 Å². The third-order valence-electron chi connectivity index (χ3n) is 3.51. The molecule has 0 aromatic heterocycles. The molecule has 0 aromatic carbocycles. The first-order chi connectivity index (χ1) is 6.62. The van der Waals surface area contributed by atoms with Crippen LogP contribution >= 0.6 is 0 Å².